The predicted molar refractivity (Wildman–Crippen MR) is 118 cm³/mol. The maximum Gasteiger partial charge on any atom is 0.248 e. The molecule has 30 heavy (non-hydrogen) atoms. The van der Waals surface area contributed by atoms with E-state index in [1.54, 1.807) is 48.5 Å². The normalized spacial score (nSPS) is 12.8. The van der Waals surface area contributed by atoms with E-state index >= 15 is 0 Å². The highest BCUT2D eigenvalue weighted by molar-refractivity contribution is 6.28. The van der Waals surface area contributed by atoms with Crippen LogP contribution < -0.4 is 5.32 Å². The van der Waals surface area contributed by atoms with Crippen LogP contribution >= 0.6 is 0 Å². The molecule has 0 spiro atoms. The van der Waals surface area contributed by atoms with Gasteiger partial charge >= 0.3 is 0 Å². The Bertz CT molecular complexity index is 1190. The zero-order valence-corrected chi connectivity index (χ0v) is 16.8. The molecule has 4 nitrogen and oxygen atoms in total. The molecule has 1 aliphatic carbocycles. The number of hydrogen-bond acceptors (Lipinski definition) is 3. The smallest absolute Gasteiger partial charge is 0.248 e. The molecule has 0 aliphatic heterocycles. The molecule has 0 saturated heterocycles. The summed E-state index contributed by atoms with van der Waals surface area (Å²) in [6, 6.07) is 19.6. The van der Waals surface area contributed by atoms with Gasteiger partial charge in [-0.1, -0.05) is 62.4 Å². The zero-order valence-electron chi connectivity index (χ0n) is 16.8. The summed E-state index contributed by atoms with van der Waals surface area (Å²) in [6.07, 6.45) is 3.19. The third kappa shape index (κ3) is 3.72. The van der Waals surface area contributed by atoms with E-state index in [0.29, 0.717) is 33.9 Å². The highest BCUT2D eigenvalue weighted by Crippen LogP contribution is 2.29. The minimum absolute atomic E-state index is 0.178. The fourth-order valence-electron chi connectivity index (χ4n) is 3.53. The van der Waals surface area contributed by atoms with Crippen molar-refractivity contribution in [2.45, 2.75) is 19.8 Å². The van der Waals surface area contributed by atoms with Crippen LogP contribution in [-0.4, -0.2) is 17.5 Å². The van der Waals surface area contributed by atoms with Gasteiger partial charge in [-0.05, 0) is 41.3 Å². The van der Waals surface area contributed by atoms with Gasteiger partial charge in [-0.2, -0.15) is 0 Å². The average Bonchev–Trinajstić information content (AvgIpc) is 2.76. The third-order valence-electron chi connectivity index (χ3n) is 5.22. The maximum absolute atomic E-state index is 12.8. The van der Waals surface area contributed by atoms with E-state index in [4.69, 9.17) is 0 Å². The van der Waals surface area contributed by atoms with Gasteiger partial charge in [0.05, 0.1) is 0 Å². The van der Waals surface area contributed by atoms with E-state index in [9.17, 15) is 14.4 Å². The van der Waals surface area contributed by atoms with Gasteiger partial charge in [0.1, 0.15) is 0 Å². The molecule has 0 aromatic heterocycles. The van der Waals surface area contributed by atoms with E-state index in [2.05, 4.69) is 19.2 Å². The van der Waals surface area contributed by atoms with Crippen molar-refractivity contribution < 1.29 is 14.4 Å². The molecule has 4 rings (SSSR count). The minimum atomic E-state index is -0.308. The fourth-order valence-corrected chi connectivity index (χ4v) is 3.53. The molecule has 0 saturated carbocycles. The maximum atomic E-state index is 12.8. The molecular formula is C26H21NO3. The van der Waals surface area contributed by atoms with Gasteiger partial charge in [-0.3, -0.25) is 14.4 Å². The summed E-state index contributed by atoms with van der Waals surface area (Å²) < 4.78 is 0. The van der Waals surface area contributed by atoms with E-state index in [1.807, 2.05) is 24.3 Å². The molecule has 1 aliphatic rings. The predicted octanol–water partition coefficient (Wildman–Crippen LogP) is 5.24. The number of amides is 1. The lowest BCUT2D eigenvalue weighted by atomic mass is 9.84. The van der Waals surface area contributed by atoms with Crippen LogP contribution in [0, 0.1) is 0 Å². The molecule has 1 N–H and O–H groups in total. The highest BCUT2D eigenvalue weighted by Gasteiger charge is 2.29. The van der Waals surface area contributed by atoms with Gasteiger partial charge in [-0.15, -0.1) is 0 Å². The number of hydrogen-bond donors (Lipinski definition) is 1. The zero-order chi connectivity index (χ0) is 21.3. The number of fused-ring (bicyclic) bond motifs is 2. The van der Waals surface area contributed by atoms with Gasteiger partial charge in [0.25, 0.3) is 0 Å². The Morgan fingerprint density at radius 1 is 0.800 bits per heavy atom. The minimum Gasteiger partial charge on any atom is -0.322 e. The summed E-state index contributed by atoms with van der Waals surface area (Å²) in [5.74, 6) is -0.241. The largest absolute Gasteiger partial charge is 0.322 e. The SMILES string of the molecule is CC(C)c1ccc(/C=C/C(=O)Nc2ccc3c(c2)C(=O)c2ccccc2C3=O)cc1. The van der Waals surface area contributed by atoms with E-state index in [-0.39, 0.29) is 17.5 Å². The number of nitrogens with one attached hydrogen (secondary N) is 1. The number of carbonyl (C=O) groups excluding carboxylic acids is 3. The van der Waals surface area contributed by atoms with E-state index in [0.717, 1.165) is 5.56 Å². The summed E-state index contributed by atoms with van der Waals surface area (Å²) in [6.45, 7) is 4.27. The van der Waals surface area contributed by atoms with Gasteiger partial charge in [-0.25, -0.2) is 0 Å². The second-order valence-electron chi connectivity index (χ2n) is 7.61. The van der Waals surface area contributed by atoms with Gasteiger partial charge in [0.2, 0.25) is 5.91 Å². The lowest BCUT2D eigenvalue weighted by Gasteiger charge is -2.18. The Hall–Kier alpha value is -3.79. The first-order chi connectivity index (χ1) is 14.4. The standard InChI is InChI=1S/C26H21NO3/c1-16(2)18-10-7-17(8-11-18)9-14-24(28)27-19-12-13-22-23(15-19)26(30)21-6-4-3-5-20(21)25(22)29/h3-16H,1-2H3,(H,27,28)/b14-9+. The first-order valence-corrected chi connectivity index (χ1v) is 9.85. The van der Waals surface area contributed by atoms with Crippen LogP contribution in [0.3, 0.4) is 0 Å². The number of carbonyl (C=O) groups is 3. The molecular weight excluding hydrogens is 374 g/mol. The van der Waals surface area contributed by atoms with Gasteiger partial charge < -0.3 is 5.32 Å². The molecule has 148 valence electrons. The van der Waals surface area contributed by atoms with Crippen LogP contribution in [0.2, 0.25) is 0 Å². The van der Waals surface area contributed by atoms with E-state index in [1.165, 1.54) is 11.6 Å². The molecule has 3 aromatic rings. The summed E-state index contributed by atoms with van der Waals surface area (Å²) in [4.78, 5) is 37.8. The van der Waals surface area contributed by atoms with Crippen LogP contribution in [0.4, 0.5) is 5.69 Å². The second-order valence-corrected chi connectivity index (χ2v) is 7.61. The van der Waals surface area contributed by atoms with Crippen LogP contribution in [0.1, 0.15) is 62.7 Å². The molecule has 1 amide bonds. The molecule has 0 radical (unpaired) electrons. The molecule has 0 atom stereocenters. The Balaban J connectivity index is 1.51. The number of benzene rings is 3. The molecule has 0 unspecified atom stereocenters. The lowest BCUT2D eigenvalue weighted by molar-refractivity contribution is -0.111. The topological polar surface area (TPSA) is 63.2 Å². The van der Waals surface area contributed by atoms with E-state index < -0.39 is 0 Å². The van der Waals surface area contributed by atoms with Crippen molar-refractivity contribution in [1.82, 2.24) is 0 Å². The van der Waals surface area contributed by atoms with Crippen molar-refractivity contribution in [1.29, 1.82) is 0 Å². The van der Waals surface area contributed by atoms with Crippen LogP contribution in [-0.2, 0) is 4.79 Å². The summed E-state index contributed by atoms with van der Waals surface area (Å²) in [5, 5.41) is 2.76. The van der Waals surface area contributed by atoms with Crippen molar-refractivity contribution in [2.75, 3.05) is 5.32 Å². The molecule has 3 aromatic carbocycles. The molecule has 0 heterocycles. The van der Waals surface area contributed by atoms with Crippen LogP contribution in [0.25, 0.3) is 6.08 Å². The first-order valence-electron chi connectivity index (χ1n) is 9.85. The quantitative estimate of drug-likeness (QED) is 0.481. The van der Waals surface area contributed by atoms with Crippen LogP contribution in [0.5, 0.6) is 0 Å². The Morgan fingerprint density at radius 2 is 1.40 bits per heavy atom. The number of rotatable bonds is 4. The molecule has 4 heteroatoms. The Morgan fingerprint density at radius 3 is 2.03 bits per heavy atom. The van der Waals surface area contributed by atoms with Crippen molar-refractivity contribution in [3.8, 4) is 0 Å². The first kappa shape index (κ1) is 19.5. The van der Waals surface area contributed by atoms with Crippen molar-refractivity contribution in [2.24, 2.45) is 0 Å². The summed E-state index contributed by atoms with van der Waals surface area (Å²) >= 11 is 0. The third-order valence-corrected chi connectivity index (χ3v) is 5.22. The number of ketones is 2. The highest BCUT2D eigenvalue weighted by atomic mass is 16.1. The molecule has 0 fully saturated rings. The average molecular weight is 395 g/mol. The van der Waals surface area contributed by atoms with Crippen molar-refractivity contribution in [3.05, 3.63) is 106 Å². The summed E-state index contributed by atoms with van der Waals surface area (Å²) in [7, 11) is 0. The Labute approximate surface area is 175 Å². The second kappa shape index (κ2) is 7.91. The monoisotopic (exact) mass is 395 g/mol. The van der Waals surface area contributed by atoms with Crippen molar-refractivity contribution >= 4 is 29.2 Å². The summed E-state index contributed by atoms with van der Waals surface area (Å²) in [5.41, 5.74) is 4.12. The number of anilines is 1. The van der Waals surface area contributed by atoms with Crippen molar-refractivity contribution in [3.63, 3.8) is 0 Å². The molecule has 0 bridgehead atoms. The fraction of sp³-hybridized carbons (Fsp3) is 0.115. The van der Waals surface area contributed by atoms with Crippen LogP contribution in [0.15, 0.2) is 72.8 Å². The Kier molecular flexibility index (Phi) is 5.15. The lowest BCUT2D eigenvalue weighted by Crippen LogP contribution is -2.21. The van der Waals surface area contributed by atoms with Gasteiger partial charge in [0, 0.05) is 34.0 Å². The van der Waals surface area contributed by atoms with Gasteiger partial charge in [0.15, 0.2) is 11.6 Å².